The first-order valence-corrected chi connectivity index (χ1v) is 6.77. The predicted molar refractivity (Wildman–Crippen MR) is 81.7 cm³/mol. The molecule has 0 aliphatic heterocycles. The first-order valence-electron chi connectivity index (χ1n) is 6.77. The zero-order valence-corrected chi connectivity index (χ0v) is 12.0. The Hall–Kier alpha value is -2.62. The van der Waals surface area contributed by atoms with Gasteiger partial charge >= 0.3 is 0 Å². The summed E-state index contributed by atoms with van der Waals surface area (Å²) in [6.45, 7) is 0. The van der Waals surface area contributed by atoms with Gasteiger partial charge in [0.05, 0.1) is 30.1 Å². The Kier molecular flexibility index (Phi) is 3.44. The van der Waals surface area contributed by atoms with Gasteiger partial charge in [-0.1, -0.05) is 24.3 Å². The summed E-state index contributed by atoms with van der Waals surface area (Å²) >= 11 is 0. The standard InChI is InChI=1S/C17H16N2O2/c1-19-14-9-5-4-8-13(14)18-17(19)11-15(20)12-7-3-6-10-16(12)21-2/h3-10H,11H2,1-2H3. The van der Waals surface area contributed by atoms with E-state index in [4.69, 9.17) is 4.74 Å². The first-order chi connectivity index (χ1) is 10.2. The first kappa shape index (κ1) is 13.4. The van der Waals surface area contributed by atoms with E-state index in [9.17, 15) is 4.79 Å². The van der Waals surface area contributed by atoms with Gasteiger partial charge in [0.15, 0.2) is 5.78 Å². The Morgan fingerprint density at radius 1 is 1.14 bits per heavy atom. The number of hydrogen-bond acceptors (Lipinski definition) is 3. The molecule has 0 radical (unpaired) electrons. The molecule has 106 valence electrons. The van der Waals surface area contributed by atoms with E-state index in [1.54, 1.807) is 19.2 Å². The molecule has 1 aromatic heterocycles. The highest BCUT2D eigenvalue weighted by atomic mass is 16.5. The number of fused-ring (bicyclic) bond motifs is 1. The fourth-order valence-corrected chi connectivity index (χ4v) is 2.47. The van der Waals surface area contributed by atoms with Crippen molar-refractivity contribution in [3.8, 4) is 5.75 Å². The molecular weight excluding hydrogens is 264 g/mol. The molecule has 0 aliphatic carbocycles. The second-order valence-corrected chi connectivity index (χ2v) is 4.88. The second kappa shape index (κ2) is 5.40. The third-order valence-corrected chi connectivity index (χ3v) is 3.61. The summed E-state index contributed by atoms with van der Waals surface area (Å²) in [6.07, 6.45) is 0.256. The van der Waals surface area contributed by atoms with Gasteiger partial charge < -0.3 is 9.30 Å². The van der Waals surface area contributed by atoms with Crippen molar-refractivity contribution >= 4 is 16.8 Å². The molecule has 0 saturated heterocycles. The number of para-hydroxylation sites is 3. The summed E-state index contributed by atoms with van der Waals surface area (Å²) in [7, 11) is 3.50. The van der Waals surface area contributed by atoms with Gasteiger partial charge in [0.25, 0.3) is 0 Å². The largest absolute Gasteiger partial charge is 0.496 e. The van der Waals surface area contributed by atoms with Gasteiger partial charge in [-0.25, -0.2) is 4.98 Å². The minimum absolute atomic E-state index is 0.00542. The second-order valence-electron chi connectivity index (χ2n) is 4.88. The normalized spacial score (nSPS) is 10.8. The predicted octanol–water partition coefficient (Wildman–Crippen LogP) is 3.01. The van der Waals surface area contributed by atoms with Crippen molar-refractivity contribution in [1.82, 2.24) is 9.55 Å². The molecule has 0 spiro atoms. The number of aryl methyl sites for hydroxylation is 1. The Morgan fingerprint density at radius 2 is 1.86 bits per heavy atom. The van der Waals surface area contributed by atoms with Gasteiger partial charge in [-0.2, -0.15) is 0 Å². The lowest BCUT2D eigenvalue weighted by molar-refractivity contribution is 0.0987. The minimum Gasteiger partial charge on any atom is -0.496 e. The van der Waals surface area contributed by atoms with Crippen LogP contribution in [0.25, 0.3) is 11.0 Å². The molecule has 0 amide bonds. The molecule has 0 fully saturated rings. The summed E-state index contributed by atoms with van der Waals surface area (Å²) in [6, 6.07) is 15.1. The summed E-state index contributed by atoms with van der Waals surface area (Å²) < 4.78 is 7.21. The van der Waals surface area contributed by atoms with E-state index in [2.05, 4.69) is 4.98 Å². The van der Waals surface area contributed by atoms with E-state index < -0.39 is 0 Å². The van der Waals surface area contributed by atoms with E-state index in [1.165, 1.54) is 0 Å². The van der Waals surface area contributed by atoms with E-state index in [1.807, 2.05) is 48.0 Å². The number of ether oxygens (including phenoxy) is 1. The molecular formula is C17H16N2O2. The van der Waals surface area contributed by atoms with Crippen LogP contribution in [0.15, 0.2) is 48.5 Å². The summed E-state index contributed by atoms with van der Waals surface area (Å²) in [4.78, 5) is 17.0. The van der Waals surface area contributed by atoms with Crippen LogP contribution in [-0.4, -0.2) is 22.4 Å². The number of benzene rings is 2. The third-order valence-electron chi connectivity index (χ3n) is 3.61. The van der Waals surface area contributed by atoms with Crippen LogP contribution in [0.2, 0.25) is 0 Å². The molecule has 0 bridgehead atoms. The highest BCUT2D eigenvalue weighted by molar-refractivity contribution is 6.00. The monoisotopic (exact) mass is 280 g/mol. The maximum absolute atomic E-state index is 12.5. The van der Waals surface area contributed by atoms with Crippen molar-refractivity contribution in [2.75, 3.05) is 7.11 Å². The fraction of sp³-hybridized carbons (Fsp3) is 0.176. The highest BCUT2D eigenvalue weighted by Crippen LogP contribution is 2.21. The van der Waals surface area contributed by atoms with Crippen LogP contribution in [0.3, 0.4) is 0 Å². The van der Waals surface area contributed by atoms with Crippen LogP contribution in [0, 0.1) is 0 Å². The van der Waals surface area contributed by atoms with Crippen molar-refractivity contribution in [3.63, 3.8) is 0 Å². The van der Waals surface area contributed by atoms with Gasteiger partial charge in [0.2, 0.25) is 0 Å². The van der Waals surface area contributed by atoms with Crippen LogP contribution >= 0.6 is 0 Å². The molecule has 0 unspecified atom stereocenters. The molecule has 1 heterocycles. The molecule has 0 aliphatic rings. The molecule has 0 N–H and O–H groups in total. The molecule has 4 heteroatoms. The highest BCUT2D eigenvalue weighted by Gasteiger charge is 2.16. The van der Waals surface area contributed by atoms with Crippen LogP contribution in [0.4, 0.5) is 0 Å². The number of imidazole rings is 1. The number of carbonyl (C=O) groups excluding carboxylic acids is 1. The maximum Gasteiger partial charge on any atom is 0.174 e. The van der Waals surface area contributed by atoms with Crippen molar-refractivity contribution in [1.29, 1.82) is 0 Å². The number of carbonyl (C=O) groups is 1. The minimum atomic E-state index is 0.00542. The number of Topliss-reactive ketones (excluding diaryl/α,β-unsaturated/α-hetero) is 1. The van der Waals surface area contributed by atoms with Gasteiger partial charge in [0.1, 0.15) is 11.6 Å². The molecule has 21 heavy (non-hydrogen) atoms. The van der Waals surface area contributed by atoms with Gasteiger partial charge in [-0.05, 0) is 24.3 Å². The Morgan fingerprint density at radius 3 is 2.62 bits per heavy atom. The van der Waals surface area contributed by atoms with Crippen LogP contribution < -0.4 is 4.74 Å². The summed E-state index contributed by atoms with van der Waals surface area (Å²) in [5, 5.41) is 0. The van der Waals surface area contributed by atoms with Crippen LogP contribution in [0.1, 0.15) is 16.2 Å². The topological polar surface area (TPSA) is 44.1 Å². The van der Waals surface area contributed by atoms with Crippen molar-refractivity contribution in [2.45, 2.75) is 6.42 Å². The number of hydrogen-bond donors (Lipinski definition) is 0. The maximum atomic E-state index is 12.5. The molecule has 3 aromatic rings. The van der Waals surface area contributed by atoms with Crippen molar-refractivity contribution in [2.24, 2.45) is 7.05 Å². The van der Waals surface area contributed by atoms with E-state index in [0.717, 1.165) is 16.9 Å². The van der Waals surface area contributed by atoms with Crippen molar-refractivity contribution in [3.05, 3.63) is 59.9 Å². The SMILES string of the molecule is COc1ccccc1C(=O)Cc1nc2ccccc2n1C. The molecule has 0 saturated carbocycles. The van der Waals surface area contributed by atoms with Crippen molar-refractivity contribution < 1.29 is 9.53 Å². The molecule has 0 atom stereocenters. The molecule has 2 aromatic carbocycles. The number of methoxy groups -OCH3 is 1. The number of rotatable bonds is 4. The van der Waals surface area contributed by atoms with Gasteiger partial charge in [0, 0.05) is 7.05 Å². The van der Waals surface area contributed by atoms with Crippen LogP contribution in [-0.2, 0) is 13.5 Å². The average Bonchev–Trinajstić information content (AvgIpc) is 2.84. The zero-order chi connectivity index (χ0) is 14.8. The van der Waals surface area contributed by atoms with E-state index in [0.29, 0.717) is 11.3 Å². The lowest BCUT2D eigenvalue weighted by Crippen LogP contribution is -2.09. The van der Waals surface area contributed by atoms with Crippen LogP contribution in [0.5, 0.6) is 5.75 Å². The van der Waals surface area contributed by atoms with E-state index in [-0.39, 0.29) is 12.2 Å². The zero-order valence-electron chi connectivity index (χ0n) is 12.0. The Bertz CT molecular complexity index is 805. The molecule has 4 nitrogen and oxygen atoms in total. The Labute approximate surface area is 123 Å². The summed E-state index contributed by atoms with van der Waals surface area (Å²) in [5.41, 5.74) is 2.52. The van der Waals surface area contributed by atoms with Gasteiger partial charge in [-0.3, -0.25) is 4.79 Å². The molecule has 3 rings (SSSR count). The lowest BCUT2D eigenvalue weighted by Gasteiger charge is -2.07. The summed E-state index contributed by atoms with van der Waals surface area (Å²) in [5.74, 6) is 1.36. The average molecular weight is 280 g/mol. The Balaban J connectivity index is 1.95. The number of ketones is 1. The smallest absolute Gasteiger partial charge is 0.174 e. The van der Waals surface area contributed by atoms with E-state index >= 15 is 0 Å². The quantitative estimate of drug-likeness (QED) is 0.690. The van der Waals surface area contributed by atoms with Gasteiger partial charge in [-0.15, -0.1) is 0 Å². The number of aromatic nitrogens is 2. The third kappa shape index (κ3) is 2.40. The number of nitrogens with zero attached hydrogens (tertiary/aromatic N) is 2. The lowest BCUT2D eigenvalue weighted by atomic mass is 10.1. The fourth-order valence-electron chi connectivity index (χ4n) is 2.47.